The van der Waals surface area contributed by atoms with Gasteiger partial charge in [-0.2, -0.15) is 0 Å². The molecular formula is C19H18N2O3. The maximum absolute atomic E-state index is 12.1. The predicted molar refractivity (Wildman–Crippen MR) is 92.0 cm³/mol. The Bertz CT molecular complexity index is 869. The third kappa shape index (κ3) is 3.68. The van der Waals surface area contributed by atoms with Crippen LogP contribution >= 0.6 is 0 Å². The lowest BCUT2D eigenvalue weighted by Gasteiger charge is -2.05. The Morgan fingerprint density at radius 3 is 2.62 bits per heavy atom. The van der Waals surface area contributed by atoms with Crippen LogP contribution in [0.3, 0.4) is 0 Å². The lowest BCUT2D eigenvalue weighted by atomic mass is 10.1. The van der Waals surface area contributed by atoms with Crippen LogP contribution < -0.4 is 5.32 Å². The molecule has 3 aromatic rings. The van der Waals surface area contributed by atoms with Gasteiger partial charge in [0.15, 0.2) is 17.3 Å². The molecule has 0 aliphatic heterocycles. The molecule has 0 bridgehead atoms. The van der Waals surface area contributed by atoms with E-state index in [9.17, 15) is 9.59 Å². The first kappa shape index (κ1) is 15.9. The van der Waals surface area contributed by atoms with Crippen molar-refractivity contribution in [2.24, 2.45) is 0 Å². The van der Waals surface area contributed by atoms with E-state index in [2.05, 4.69) is 10.3 Å². The number of hydrogen-bond donors (Lipinski definition) is 1. The number of anilines is 1. The summed E-state index contributed by atoms with van der Waals surface area (Å²) in [6, 6.07) is 14.5. The summed E-state index contributed by atoms with van der Waals surface area (Å²) in [5.41, 5.74) is 2.57. The second-order valence-electron chi connectivity index (χ2n) is 5.58. The van der Waals surface area contributed by atoms with Crippen LogP contribution in [0, 0.1) is 6.92 Å². The molecule has 1 heterocycles. The van der Waals surface area contributed by atoms with E-state index in [0.717, 1.165) is 0 Å². The van der Waals surface area contributed by atoms with Crippen molar-refractivity contribution in [2.75, 3.05) is 5.32 Å². The van der Waals surface area contributed by atoms with Crippen LogP contribution in [0.5, 0.6) is 0 Å². The molecule has 5 nitrogen and oxygen atoms in total. The fourth-order valence-corrected chi connectivity index (χ4v) is 2.55. The van der Waals surface area contributed by atoms with Gasteiger partial charge in [-0.15, -0.1) is 0 Å². The van der Waals surface area contributed by atoms with Gasteiger partial charge >= 0.3 is 0 Å². The number of fused-ring (bicyclic) bond motifs is 1. The minimum Gasteiger partial charge on any atom is -0.439 e. The molecule has 1 N–H and O–H groups in total. The highest BCUT2D eigenvalue weighted by molar-refractivity contribution is 5.99. The second-order valence-corrected chi connectivity index (χ2v) is 5.58. The van der Waals surface area contributed by atoms with Crippen molar-refractivity contribution in [3.63, 3.8) is 0 Å². The normalized spacial score (nSPS) is 10.7. The van der Waals surface area contributed by atoms with Crippen LogP contribution in [0.4, 0.5) is 5.69 Å². The number of rotatable bonds is 6. The van der Waals surface area contributed by atoms with Crippen LogP contribution in [-0.4, -0.2) is 16.7 Å². The quantitative estimate of drug-likeness (QED) is 0.693. The molecule has 0 aliphatic rings. The molecule has 122 valence electrons. The molecule has 0 atom stereocenters. The number of aryl methyl sites for hydroxylation is 1. The maximum atomic E-state index is 12.1. The van der Waals surface area contributed by atoms with Crippen molar-refractivity contribution in [1.82, 2.24) is 4.98 Å². The lowest BCUT2D eigenvalue weighted by molar-refractivity contribution is -0.116. The van der Waals surface area contributed by atoms with Gasteiger partial charge in [-0.3, -0.25) is 9.59 Å². The SMILES string of the molecule is Cc1nc2cccc(NC(=O)CCCC(=O)c3ccccc3)c2o1. The number of amides is 1. The molecule has 0 saturated carbocycles. The zero-order valence-electron chi connectivity index (χ0n) is 13.4. The summed E-state index contributed by atoms with van der Waals surface area (Å²) in [7, 11) is 0. The summed E-state index contributed by atoms with van der Waals surface area (Å²) >= 11 is 0. The lowest BCUT2D eigenvalue weighted by Crippen LogP contribution is -2.12. The topological polar surface area (TPSA) is 72.2 Å². The van der Waals surface area contributed by atoms with E-state index >= 15 is 0 Å². The summed E-state index contributed by atoms with van der Waals surface area (Å²) in [6.07, 6.45) is 1.14. The van der Waals surface area contributed by atoms with Crippen LogP contribution in [-0.2, 0) is 4.79 Å². The summed E-state index contributed by atoms with van der Waals surface area (Å²) in [4.78, 5) is 28.3. The van der Waals surface area contributed by atoms with Gasteiger partial charge in [0, 0.05) is 25.3 Å². The van der Waals surface area contributed by atoms with Gasteiger partial charge in [0.2, 0.25) is 5.91 Å². The third-order valence-electron chi connectivity index (χ3n) is 3.70. The molecule has 2 aromatic carbocycles. The second kappa shape index (κ2) is 7.08. The highest BCUT2D eigenvalue weighted by atomic mass is 16.3. The molecule has 0 saturated heterocycles. The van der Waals surface area contributed by atoms with Gasteiger partial charge in [-0.25, -0.2) is 4.98 Å². The van der Waals surface area contributed by atoms with Gasteiger partial charge in [0.25, 0.3) is 0 Å². The minimum absolute atomic E-state index is 0.0522. The average molecular weight is 322 g/mol. The summed E-state index contributed by atoms with van der Waals surface area (Å²) < 4.78 is 5.52. The van der Waals surface area contributed by atoms with E-state index in [0.29, 0.717) is 41.1 Å². The van der Waals surface area contributed by atoms with Crippen molar-refractivity contribution in [1.29, 1.82) is 0 Å². The molecule has 0 fully saturated rings. The monoisotopic (exact) mass is 322 g/mol. The largest absolute Gasteiger partial charge is 0.439 e. The first-order valence-corrected chi connectivity index (χ1v) is 7.88. The number of benzene rings is 2. The molecular weight excluding hydrogens is 304 g/mol. The molecule has 5 heteroatoms. The van der Waals surface area contributed by atoms with Crippen molar-refractivity contribution in [3.05, 3.63) is 60.0 Å². The number of ketones is 1. The average Bonchev–Trinajstić information content (AvgIpc) is 2.97. The molecule has 0 unspecified atom stereocenters. The minimum atomic E-state index is -0.141. The zero-order chi connectivity index (χ0) is 16.9. The Balaban J connectivity index is 1.55. The van der Waals surface area contributed by atoms with E-state index in [1.165, 1.54) is 0 Å². The Morgan fingerprint density at radius 2 is 1.83 bits per heavy atom. The smallest absolute Gasteiger partial charge is 0.224 e. The predicted octanol–water partition coefficient (Wildman–Crippen LogP) is 4.13. The van der Waals surface area contributed by atoms with Gasteiger partial charge in [0.05, 0.1) is 5.69 Å². The van der Waals surface area contributed by atoms with E-state index in [-0.39, 0.29) is 18.1 Å². The Hall–Kier alpha value is -2.95. The number of aromatic nitrogens is 1. The van der Waals surface area contributed by atoms with E-state index in [4.69, 9.17) is 4.42 Å². The number of nitrogens with one attached hydrogen (secondary N) is 1. The molecule has 3 rings (SSSR count). The van der Waals surface area contributed by atoms with E-state index < -0.39 is 0 Å². The number of para-hydroxylation sites is 1. The first-order chi connectivity index (χ1) is 11.6. The molecule has 1 amide bonds. The number of carbonyl (C=O) groups excluding carboxylic acids is 2. The van der Waals surface area contributed by atoms with Crippen molar-refractivity contribution >= 4 is 28.5 Å². The summed E-state index contributed by atoms with van der Waals surface area (Å²) in [5, 5.41) is 2.83. The van der Waals surface area contributed by atoms with Crippen LogP contribution in [0.2, 0.25) is 0 Å². The molecule has 0 spiro atoms. The van der Waals surface area contributed by atoms with E-state index in [1.807, 2.05) is 30.3 Å². The van der Waals surface area contributed by atoms with Gasteiger partial charge < -0.3 is 9.73 Å². The van der Waals surface area contributed by atoms with Crippen LogP contribution in [0.1, 0.15) is 35.5 Å². The molecule has 24 heavy (non-hydrogen) atoms. The first-order valence-electron chi connectivity index (χ1n) is 7.88. The third-order valence-corrected chi connectivity index (χ3v) is 3.70. The van der Waals surface area contributed by atoms with Crippen molar-refractivity contribution in [3.8, 4) is 0 Å². The van der Waals surface area contributed by atoms with Gasteiger partial charge in [-0.1, -0.05) is 36.4 Å². The summed E-state index contributed by atoms with van der Waals surface area (Å²) in [6.45, 7) is 1.76. The highest BCUT2D eigenvalue weighted by Crippen LogP contribution is 2.24. The Kier molecular flexibility index (Phi) is 4.70. The van der Waals surface area contributed by atoms with Gasteiger partial charge in [0.1, 0.15) is 5.52 Å². The fraction of sp³-hybridized carbons (Fsp3) is 0.211. The Labute approximate surface area is 139 Å². The highest BCUT2D eigenvalue weighted by Gasteiger charge is 2.11. The summed E-state index contributed by atoms with van der Waals surface area (Å²) in [5.74, 6) is 0.467. The number of nitrogens with zero attached hydrogens (tertiary/aromatic N) is 1. The van der Waals surface area contributed by atoms with Crippen LogP contribution in [0.25, 0.3) is 11.1 Å². The maximum Gasteiger partial charge on any atom is 0.224 e. The Morgan fingerprint density at radius 1 is 1.04 bits per heavy atom. The van der Waals surface area contributed by atoms with Gasteiger partial charge in [-0.05, 0) is 18.6 Å². The van der Waals surface area contributed by atoms with Crippen molar-refractivity contribution in [2.45, 2.75) is 26.2 Å². The standard InChI is InChI=1S/C19H18N2O3/c1-13-20-15-9-5-10-16(19(15)24-13)21-18(23)12-6-11-17(22)14-7-3-2-4-8-14/h2-5,7-10H,6,11-12H2,1H3,(H,21,23). The molecule has 1 aromatic heterocycles. The molecule has 0 radical (unpaired) electrons. The number of oxazole rings is 1. The number of Topliss-reactive ketones (excluding diaryl/α,β-unsaturated/α-hetero) is 1. The van der Waals surface area contributed by atoms with Crippen molar-refractivity contribution < 1.29 is 14.0 Å². The van der Waals surface area contributed by atoms with Crippen LogP contribution in [0.15, 0.2) is 52.9 Å². The number of hydrogen-bond acceptors (Lipinski definition) is 4. The molecule has 0 aliphatic carbocycles. The zero-order valence-corrected chi connectivity index (χ0v) is 13.4. The fourth-order valence-electron chi connectivity index (χ4n) is 2.55. The van der Waals surface area contributed by atoms with E-state index in [1.54, 1.807) is 25.1 Å². The number of carbonyl (C=O) groups is 2.